The molecule has 4 aromatic rings. The summed E-state index contributed by atoms with van der Waals surface area (Å²) >= 11 is 0. The lowest BCUT2D eigenvalue weighted by atomic mass is 9.98. The van der Waals surface area contributed by atoms with Gasteiger partial charge in [0.25, 0.3) is 0 Å². The summed E-state index contributed by atoms with van der Waals surface area (Å²) in [6.45, 7) is 1.98. The van der Waals surface area contributed by atoms with Crippen molar-refractivity contribution in [2.24, 2.45) is 5.92 Å². The molecule has 5 heteroatoms. The fraction of sp³-hybridized carbons (Fsp3) is 0.314. The van der Waals surface area contributed by atoms with E-state index in [1.165, 1.54) is 0 Å². The number of benzene rings is 4. The summed E-state index contributed by atoms with van der Waals surface area (Å²) in [5, 5.41) is 10.5. The summed E-state index contributed by atoms with van der Waals surface area (Å²) in [6.07, 6.45) is -0.262. The van der Waals surface area contributed by atoms with E-state index in [1.54, 1.807) is 0 Å². The number of hydrogen-bond acceptors (Lipinski definition) is 5. The topological polar surface area (TPSA) is 57.2 Å². The Bertz CT molecular complexity index is 1250. The second-order valence-electron chi connectivity index (χ2n) is 10.4. The highest BCUT2D eigenvalue weighted by Crippen LogP contribution is 2.43. The predicted octanol–water partition coefficient (Wildman–Crippen LogP) is 6.34. The summed E-state index contributed by atoms with van der Waals surface area (Å²) in [6, 6.07) is 40.5. The first-order chi connectivity index (χ1) is 19.8. The van der Waals surface area contributed by atoms with Gasteiger partial charge in [-0.1, -0.05) is 121 Å². The van der Waals surface area contributed by atoms with Crippen molar-refractivity contribution in [1.82, 2.24) is 0 Å². The van der Waals surface area contributed by atoms with Crippen molar-refractivity contribution in [3.05, 3.63) is 144 Å². The van der Waals surface area contributed by atoms with Crippen LogP contribution in [0, 0.1) is 5.92 Å². The Balaban J connectivity index is 1.42. The zero-order chi connectivity index (χ0) is 27.5. The molecule has 0 spiro atoms. The van der Waals surface area contributed by atoms with E-state index >= 15 is 0 Å². The van der Waals surface area contributed by atoms with Crippen molar-refractivity contribution < 1.29 is 24.1 Å². The summed E-state index contributed by atoms with van der Waals surface area (Å²) in [7, 11) is 0. The second-order valence-corrected chi connectivity index (χ2v) is 10.4. The van der Waals surface area contributed by atoms with E-state index in [0.29, 0.717) is 39.5 Å². The molecule has 0 heterocycles. The Hall–Kier alpha value is -3.32. The molecule has 0 saturated heterocycles. The number of ether oxygens (including phenoxy) is 4. The molecule has 0 unspecified atom stereocenters. The van der Waals surface area contributed by atoms with Crippen molar-refractivity contribution in [2.75, 3.05) is 13.2 Å². The number of aliphatic hydroxyl groups is 1. The summed E-state index contributed by atoms with van der Waals surface area (Å²) in [4.78, 5) is 0. The fourth-order valence-electron chi connectivity index (χ4n) is 5.43. The van der Waals surface area contributed by atoms with Crippen molar-refractivity contribution in [1.29, 1.82) is 0 Å². The Morgan fingerprint density at radius 1 is 0.575 bits per heavy atom. The molecule has 5 rings (SSSR count). The first kappa shape index (κ1) is 28.2. The van der Waals surface area contributed by atoms with Gasteiger partial charge in [-0.05, 0) is 28.7 Å². The minimum absolute atomic E-state index is 0.0280. The molecule has 0 aliphatic heterocycles. The zero-order valence-electron chi connectivity index (χ0n) is 22.8. The first-order valence-electron chi connectivity index (χ1n) is 14.0. The molecule has 1 aliphatic carbocycles. The van der Waals surface area contributed by atoms with Gasteiger partial charge in [0, 0.05) is 12.5 Å². The molecule has 1 aliphatic rings. The van der Waals surface area contributed by atoms with Gasteiger partial charge in [-0.2, -0.15) is 0 Å². The predicted molar refractivity (Wildman–Crippen MR) is 155 cm³/mol. The summed E-state index contributed by atoms with van der Waals surface area (Å²) < 4.78 is 26.4. The normalized spacial score (nSPS) is 22.4. The van der Waals surface area contributed by atoms with Crippen LogP contribution in [0.15, 0.2) is 121 Å². The van der Waals surface area contributed by atoms with Crippen molar-refractivity contribution in [2.45, 2.75) is 50.7 Å². The lowest BCUT2D eigenvalue weighted by Crippen LogP contribution is -2.50. The van der Waals surface area contributed by atoms with Crippen LogP contribution in [0.1, 0.15) is 28.7 Å². The summed E-state index contributed by atoms with van der Waals surface area (Å²) in [5.74, 6) is -0.166. The van der Waals surface area contributed by atoms with Gasteiger partial charge in [0.15, 0.2) is 0 Å². The second kappa shape index (κ2) is 14.4. The van der Waals surface area contributed by atoms with Crippen LogP contribution in [-0.2, 0) is 45.4 Å². The third-order valence-electron chi connectivity index (χ3n) is 7.51. The quantitative estimate of drug-likeness (QED) is 0.203. The molecule has 1 fully saturated rings. The molecule has 0 amide bonds. The molecule has 0 aromatic heterocycles. The van der Waals surface area contributed by atoms with Crippen LogP contribution in [0.4, 0.5) is 0 Å². The number of hydrogen-bond donors (Lipinski definition) is 1. The number of rotatable bonds is 14. The van der Waals surface area contributed by atoms with Crippen LogP contribution in [0.5, 0.6) is 0 Å². The molecule has 1 saturated carbocycles. The van der Waals surface area contributed by atoms with Crippen LogP contribution >= 0.6 is 0 Å². The molecule has 4 atom stereocenters. The number of aliphatic hydroxyl groups excluding tert-OH is 1. The molecule has 5 nitrogen and oxygen atoms in total. The first-order valence-corrected chi connectivity index (χ1v) is 14.0. The van der Waals surface area contributed by atoms with E-state index in [2.05, 4.69) is 36.4 Å². The van der Waals surface area contributed by atoms with E-state index in [4.69, 9.17) is 18.9 Å². The van der Waals surface area contributed by atoms with Crippen molar-refractivity contribution in [3.8, 4) is 0 Å². The maximum Gasteiger partial charge on any atom is 0.121 e. The average Bonchev–Trinajstić information content (AvgIpc) is 3.32. The minimum Gasteiger partial charge on any atom is -0.396 e. The fourth-order valence-corrected chi connectivity index (χ4v) is 5.43. The SMILES string of the molecule is OC[C@H]1C[C@@](COCc2ccccc2)(OCc2ccccc2)[C@@H](OCc2ccccc2)[C@@H]1OCc1ccccc1. The highest BCUT2D eigenvalue weighted by atomic mass is 16.6. The Morgan fingerprint density at radius 2 is 1.02 bits per heavy atom. The van der Waals surface area contributed by atoms with Gasteiger partial charge in [0.05, 0.1) is 39.1 Å². The van der Waals surface area contributed by atoms with Crippen molar-refractivity contribution >= 4 is 0 Å². The van der Waals surface area contributed by atoms with E-state index in [9.17, 15) is 5.11 Å². The smallest absolute Gasteiger partial charge is 0.121 e. The molecule has 4 aromatic carbocycles. The summed E-state index contributed by atoms with van der Waals surface area (Å²) in [5.41, 5.74) is 3.49. The lowest BCUT2D eigenvalue weighted by molar-refractivity contribution is -0.196. The molecule has 0 radical (unpaired) electrons. The van der Waals surface area contributed by atoms with Crippen molar-refractivity contribution in [3.63, 3.8) is 0 Å². The van der Waals surface area contributed by atoms with Gasteiger partial charge >= 0.3 is 0 Å². The van der Waals surface area contributed by atoms with E-state index in [1.807, 2.05) is 84.9 Å². The molecule has 208 valence electrons. The zero-order valence-corrected chi connectivity index (χ0v) is 22.8. The highest BCUT2D eigenvalue weighted by Gasteiger charge is 2.56. The molecule has 40 heavy (non-hydrogen) atoms. The van der Waals surface area contributed by atoms with E-state index in [-0.39, 0.29) is 18.6 Å². The van der Waals surface area contributed by atoms with Gasteiger partial charge in [-0.25, -0.2) is 0 Å². The Kier molecular flexibility index (Phi) is 10.1. The van der Waals surface area contributed by atoms with Gasteiger partial charge in [0.1, 0.15) is 11.7 Å². The van der Waals surface area contributed by atoms with Gasteiger partial charge in [0.2, 0.25) is 0 Å². The van der Waals surface area contributed by atoms with Crippen LogP contribution < -0.4 is 0 Å². The Labute approximate surface area is 237 Å². The maximum absolute atomic E-state index is 10.5. The molecular formula is C35H38O5. The average molecular weight is 539 g/mol. The van der Waals surface area contributed by atoms with E-state index < -0.39 is 11.7 Å². The third-order valence-corrected chi connectivity index (χ3v) is 7.51. The monoisotopic (exact) mass is 538 g/mol. The standard InChI is InChI=1S/C35H38O5/c36-22-32-21-35(40-26-31-19-11-4-12-20-31,27-37-23-28-13-5-1-6-14-28)34(39-25-30-17-9-3-10-18-30)33(32)38-24-29-15-7-2-8-16-29/h1-20,32-34,36H,21-27H2/t32-,33-,34+,35+/m1/s1. The van der Waals surface area contributed by atoms with E-state index in [0.717, 1.165) is 22.3 Å². The molecule has 1 N–H and O–H groups in total. The van der Waals surface area contributed by atoms with Crippen LogP contribution in [-0.4, -0.2) is 36.1 Å². The minimum atomic E-state index is -0.811. The van der Waals surface area contributed by atoms with Crippen LogP contribution in [0.25, 0.3) is 0 Å². The Morgan fingerprint density at radius 3 is 1.52 bits per heavy atom. The van der Waals surface area contributed by atoms with Gasteiger partial charge in [-0.15, -0.1) is 0 Å². The van der Waals surface area contributed by atoms with Gasteiger partial charge < -0.3 is 24.1 Å². The van der Waals surface area contributed by atoms with Crippen LogP contribution in [0.2, 0.25) is 0 Å². The third kappa shape index (κ3) is 7.45. The molecule has 0 bridgehead atoms. The van der Waals surface area contributed by atoms with Gasteiger partial charge in [-0.3, -0.25) is 0 Å². The highest BCUT2D eigenvalue weighted by molar-refractivity contribution is 5.18. The largest absolute Gasteiger partial charge is 0.396 e. The maximum atomic E-state index is 10.5. The lowest BCUT2D eigenvalue weighted by Gasteiger charge is -2.37. The van der Waals surface area contributed by atoms with Crippen LogP contribution in [0.3, 0.4) is 0 Å². The molecular weight excluding hydrogens is 500 g/mol.